The maximum atomic E-state index is 13.1. The Bertz CT molecular complexity index is 924. The summed E-state index contributed by atoms with van der Waals surface area (Å²) in [4.78, 5) is 71.5. The van der Waals surface area contributed by atoms with Crippen LogP contribution in [0.2, 0.25) is 0 Å². The summed E-state index contributed by atoms with van der Waals surface area (Å²) in [5.41, 5.74) is 16.7. The zero-order valence-corrected chi connectivity index (χ0v) is 19.4. The van der Waals surface area contributed by atoms with E-state index in [2.05, 4.69) is 16.0 Å². The lowest BCUT2D eigenvalue weighted by molar-refractivity contribution is -0.142. The number of carbonyl (C=O) groups is 6. The molecular weight excluding hydrogens is 460 g/mol. The van der Waals surface area contributed by atoms with Gasteiger partial charge in [0.1, 0.15) is 18.1 Å². The Hall–Kier alpha value is -4.00. The van der Waals surface area contributed by atoms with Crippen molar-refractivity contribution in [1.29, 1.82) is 0 Å². The van der Waals surface area contributed by atoms with Gasteiger partial charge in [-0.1, -0.05) is 30.3 Å². The van der Waals surface area contributed by atoms with E-state index >= 15 is 0 Å². The molecule has 1 aromatic carbocycles. The first-order valence-electron chi connectivity index (χ1n) is 10.9. The third-order valence-electron chi connectivity index (χ3n) is 5.00. The topological polar surface area (TPSA) is 237 Å². The largest absolute Gasteiger partial charge is 0.480 e. The molecule has 0 aliphatic rings. The second-order valence-corrected chi connectivity index (χ2v) is 8.00. The van der Waals surface area contributed by atoms with Gasteiger partial charge in [0.25, 0.3) is 0 Å². The number of amides is 5. The lowest BCUT2D eigenvalue weighted by Gasteiger charge is -2.24. The minimum absolute atomic E-state index is 0.0302. The number of hydrogen-bond donors (Lipinski definition) is 7. The average molecular weight is 493 g/mol. The van der Waals surface area contributed by atoms with Crippen LogP contribution in [-0.2, 0) is 35.2 Å². The fourth-order valence-electron chi connectivity index (χ4n) is 2.97. The summed E-state index contributed by atoms with van der Waals surface area (Å²) in [6, 6.07) is 3.86. The molecule has 4 atom stereocenters. The number of carboxylic acid groups (broad SMARTS) is 1. The van der Waals surface area contributed by atoms with Gasteiger partial charge in [-0.15, -0.1) is 0 Å². The van der Waals surface area contributed by atoms with Gasteiger partial charge in [0.15, 0.2) is 0 Å². The quantitative estimate of drug-likeness (QED) is 0.139. The first kappa shape index (κ1) is 29.0. The smallest absolute Gasteiger partial charge is 0.325 e. The van der Waals surface area contributed by atoms with Crippen LogP contribution >= 0.6 is 0 Å². The molecule has 4 unspecified atom stereocenters. The number of nitrogens with one attached hydrogen (secondary N) is 3. The Morgan fingerprint density at radius 1 is 0.800 bits per heavy atom. The highest BCUT2D eigenvalue weighted by Gasteiger charge is 2.29. The van der Waals surface area contributed by atoms with Gasteiger partial charge in [-0.05, 0) is 25.3 Å². The molecular formula is C22H32N6O7. The van der Waals surface area contributed by atoms with E-state index < -0.39 is 59.7 Å². The molecule has 0 saturated heterocycles. The highest BCUT2D eigenvalue weighted by atomic mass is 16.4. The summed E-state index contributed by atoms with van der Waals surface area (Å²) in [6.07, 6.45) is -0.563. The summed E-state index contributed by atoms with van der Waals surface area (Å²) in [7, 11) is 0. The minimum atomic E-state index is -1.30. The average Bonchev–Trinajstić information content (AvgIpc) is 2.79. The SMILES string of the molecule is CC(NC(=O)C(CCC(N)=O)NC(=O)C(Cc1ccccc1)NC(=O)C(N)CCC(N)=O)C(=O)O. The first-order valence-corrected chi connectivity index (χ1v) is 10.9. The summed E-state index contributed by atoms with van der Waals surface area (Å²) < 4.78 is 0. The monoisotopic (exact) mass is 492 g/mol. The van der Waals surface area contributed by atoms with Gasteiger partial charge in [-0.3, -0.25) is 28.8 Å². The highest BCUT2D eigenvalue weighted by Crippen LogP contribution is 2.07. The van der Waals surface area contributed by atoms with Crippen molar-refractivity contribution in [3.05, 3.63) is 35.9 Å². The number of hydrogen-bond acceptors (Lipinski definition) is 7. The van der Waals surface area contributed by atoms with Gasteiger partial charge in [-0.2, -0.15) is 0 Å². The van der Waals surface area contributed by atoms with E-state index in [0.717, 1.165) is 0 Å². The molecule has 192 valence electrons. The van der Waals surface area contributed by atoms with Gasteiger partial charge in [0.2, 0.25) is 29.5 Å². The molecule has 5 amide bonds. The predicted molar refractivity (Wildman–Crippen MR) is 124 cm³/mol. The van der Waals surface area contributed by atoms with Gasteiger partial charge in [0.05, 0.1) is 6.04 Å². The minimum Gasteiger partial charge on any atom is -0.480 e. The molecule has 10 N–H and O–H groups in total. The Labute approximate surface area is 202 Å². The zero-order valence-electron chi connectivity index (χ0n) is 19.4. The molecule has 0 aromatic heterocycles. The van der Waals surface area contributed by atoms with E-state index in [0.29, 0.717) is 5.56 Å². The summed E-state index contributed by atoms with van der Waals surface area (Å²) >= 11 is 0. The van der Waals surface area contributed by atoms with Crippen molar-refractivity contribution >= 4 is 35.5 Å². The van der Waals surface area contributed by atoms with Crippen LogP contribution in [0, 0.1) is 0 Å². The number of aliphatic carboxylic acids is 1. The van der Waals surface area contributed by atoms with Gasteiger partial charge >= 0.3 is 5.97 Å². The molecule has 0 aliphatic heterocycles. The molecule has 0 radical (unpaired) electrons. The van der Waals surface area contributed by atoms with Crippen LogP contribution in [-0.4, -0.2) is 64.8 Å². The first-order chi connectivity index (χ1) is 16.4. The van der Waals surface area contributed by atoms with Crippen LogP contribution in [0.5, 0.6) is 0 Å². The fourth-order valence-corrected chi connectivity index (χ4v) is 2.97. The molecule has 0 spiro atoms. The van der Waals surface area contributed by atoms with Crippen molar-refractivity contribution in [2.24, 2.45) is 17.2 Å². The number of benzene rings is 1. The lowest BCUT2D eigenvalue weighted by atomic mass is 10.0. The highest BCUT2D eigenvalue weighted by molar-refractivity contribution is 5.94. The second kappa shape index (κ2) is 14.3. The molecule has 0 bridgehead atoms. The Morgan fingerprint density at radius 3 is 1.86 bits per heavy atom. The van der Waals surface area contributed by atoms with Crippen LogP contribution < -0.4 is 33.2 Å². The summed E-state index contributed by atoms with van der Waals surface area (Å²) in [5.74, 6) is -4.96. The van der Waals surface area contributed by atoms with Crippen molar-refractivity contribution in [2.45, 2.75) is 63.2 Å². The number of nitrogens with two attached hydrogens (primary N) is 3. The number of carboxylic acids is 1. The van der Waals surface area contributed by atoms with Crippen LogP contribution in [0.1, 0.15) is 38.2 Å². The van der Waals surface area contributed by atoms with E-state index in [1.54, 1.807) is 30.3 Å². The molecule has 13 nitrogen and oxygen atoms in total. The molecule has 1 aromatic rings. The maximum absolute atomic E-state index is 13.1. The number of carbonyl (C=O) groups excluding carboxylic acids is 5. The van der Waals surface area contributed by atoms with Crippen molar-refractivity contribution in [3.63, 3.8) is 0 Å². The molecule has 1 rings (SSSR count). The zero-order chi connectivity index (χ0) is 26.5. The van der Waals surface area contributed by atoms with E-state index in [1.165, 1.54) is 6.92 Å². The van der Waals surface area contributed by atoms with Gasteiger partial charge in [0, 0.05) is 19.3 Å². The Morgan fingerprint density at radius 2 is 1.31 bits per heavy atom. The van der Waals surface area contributed by atoms with Crippen LogP contribution in [0.3, 0.4) is 0 Å². The summed E-state index contributed by atoms with van der Waals surface area (Å²) in [6.45, 7) is 1.24. The fraction of sp³-hybridized carbons (Fsp3) is 0.455. The van der Waals surface area contributed by atoms with Gasteiger partial charge in [-0.25, -0.2) is 0 Å². The van der Waals surface area contributed by atoms with Crippen molar-refractivity contribution in [3.8, 4) is 0 Å². The van der Waals surface area contributed by atoms with E-state index in [-0.39, 0.29) is 32.1 Å². The van der Waals surface area contributed by atoms with E-state index in [9.17, 15) is 28.8 Å². The molecule has 13 heteroatoms. The maximum Gasteiger partial charge on any atom is 0.325 e. The van der Waals surface area contributed by atoms with Crippen LogP contribution in [0.4, 0.5) is 0 Å². The standard InChI is InChI=1S/C22H32N6O7/c1-12(22(34)35)26-20(32)15(8-10-18(25)30)27-21(33)16(11-13-5-3-2-4-6-13)28-19(31)14(23)7-9-17(24)29/h2-6,12,14-16H,7-11,23H2,1H3,(H2,24,29)(H2,25,30)(H,26,32)(H,27,33)(H,28,31)(H,34,35). The van der Waals surface area contributed by atoms with Crippen molar-refractivity contribution in [2.75, 3.05) is 0 Å². The predicted octanol–water partition coefficient (Wildman–Crippen LogP) is -2.35. The third-order valence-corrected chi connectivity index (χ3v) is 5.00. The van der Waals surface area contributed by atoms with E-state index in [4.69, 9.17) is 22.3 Å². The van der Waals surface area contributed by atoms with Gasteiger partial charge < -0.3 is 38.3 Å². The summed E-state index contributed by atoms with van der Waals surface area (Å²) in [5, 5.41) is 16.2. The number of rotatable bonds is 15. The Kier molecular flexibility index (Phi) is 11.9. The van der Waals surface area contributed by atoms with E-state index in [1.807, 2.05) is 0 Å². The molecule has 0 heterocycles. The second-order valence-electron chi connectivity index (χ2n) is 8.00. The normalized spacial score (nSPS) is 14.0. The molecule has 0 saturated carbocycles. The third kappa shape index (κ3) is 11.1. The molecule has 0 fully saturated rings. The molecule has 35 heavy (non-hydrogen) atoms. The Balaban J connectivity index is 3.06. The van der Waals surface area contributed by atoms with Crippen molar-refractivity contribution < 1.29 is 33.9 Å². The lowest BCUT2D eigenvalue weighted by Crippen LogP contribution is -2.57. The van der Waals surface area contributed by atoms with Crippen LogP contribution in [0.25, 0.3) is 0 Å². The van der Waals surface area contributed by atoms with Crippen molar-refractivity contribution in [1.82, 2.24) is 16.0 Å². The molecule has 0 aliphatic carbocycles. The van der Waals surface area contributed by atoms with Crippen LogP contribution in [0.15, 0.2) is 30.3 Å². The number of primary amides is 2.